The molecule has 0 rings (SSSR count). The lowest BCUT2D eigenvalue weighted by Crippen LogP contribution is -2.60. The van der Waals surface area contributed by atoms with Gasteiger partial charge < -0.3 is 10.2 Å². The van der Waals surface area contributed by atoms with Crippen molar-refractivity contribution in [3.8, 4) is 0 Å². The summed E-state index contributed by atoms with van der Waals surface area (Å²) < 4.78 is 283. The zero-order valence-corrected chi connectivity index (χ0v) is 26.7. The summed E-state index contributed by atoms with van der Waals surface area (Å²) in [6.45, 7) is 1.28. The van der Waals surface area contributed by atoms with Crippen LogP contribution in [0.15, 0.2) is 0 Å². The van der Waals surface area contributed by atoms with Crippen molar-refractivity contribution in [2.45, 2.75) is 125 Å². The molecule has 0 aliphatic rings. The van der Waals surface area contributed by atoms with Gasteiger partial charge in [-0.2, -0.15) is 95.9 Å². The van der Waals surface area contributed by atoms with Gasteiger partial charge in [-0.05, 0) is 32.6 Å². The van der Waals surface area contributed by atoms with Crippen LogP contribution in [-0.4, -0.2) is 102 Å². The Hall–Kier alpha value is -1.52. The van der Waals surface area contributed by atoms with E-state index in [-0.39, 0.29) is 38.5 Å². The highest BCUT2D eigenvalue weighted by Gasteiger charge is 2.82. The first-order valence-corrected chi connectivity index (χ1v) is 16.5. The van der Waals surface area contributed by atoms with E-state index in [0.717, 1.165) is 0 Å². The molecule has 0 saturated heterocycles. The summed E-state index contributed by atoms with van der Waals surface area (Å²) >= 11 is 0. The SMILES string of the molecule is CC(O)O.O=S(=O)(O)CCCCCCC(F)(F)C(F)(F)C(F)(F)C(F)(F)F.O=S(=O)(O)CCCCCCC(F)(F)C(F)(F)C(F)(F)C(F)(F)F. The summed E-state index contributed by atoms with van der Waals surface area (Å²) in [4.78, 5) is 0. The summed E-state index contributed by atoms with van der Waals surface area (Å²) in [5, 5.41) is 15.2. The molecule has 0 amide bonds. The fraction of sp³-hybridized carbons (Fsp3) is 1.00. The molecule has 0 aromatic carbocycles. The van der Waals surface area contributed by atoms with Crippen molar-refractivity contribution < 1.29 is 115 Å². The first kappa shape index (κ1) is 52.8. The van der Waals surface area contributed by atoms with Gasteiger partial charge in [0.2, 0.25) is 0 Å². The number of hydrogen-bond acceptors (Lipinski definition) is 6. The third-order valence-corrected chi connectivity index (χ3v) is 7.31. The lowest BCUT2D eigenvalue weighted by Gasteiger charge is -2.33. The van der Waals surface area contributed by atoms with Gasteiger partial charge in [-0.3, -0.25) is 9.11 Å². The minimum absolute atomic E-state index is 0.128. The molecule has 0 radical (unpaired) electrons. The molecule has 0 atom stereocenters. The van der Waals surface area contributed by atoms with Crippen molar-refractivity contribution in [3.05, 3.63) is 0 Å². The zero-order valence-electron chi connectivity index (χ0n) is 25.1. The van der Waals surface area contributed by atoms with E-state index in [1.165, 1.54) is 6.92 Å². The molecule has 0 spiro atoms. The Morgan fingerprint density at radius 3 is 0.800 bits per heavy atom. The average Bonchev–Trinajstić information content (AvgIpc) is 2.85. The maximum Gasteiger partial charge on any atom is 0.460 e. The monoisotopic (exact) mass is 830 g/mol. The molecule has 0 aliphatic carbocycles. The molecule has 0 heterocycles. The highest BCUT2D eigenvalue weighted by Crippen LogP contribution is 2.55. The number of hydrogen-bond donors (Lipinski definition) is 4. The average molecular weight is 831 g/mol. The van der Waals surface area contributed by atoms with Crippen LogP contribution in [0.2, 0.25) is 0 Å². The minimum atomic E-state index is -6.89. The molecule has 0 bridgehead atoms. The van der Waals surface area contributed by atoms with Crippen LogP contribution in [0.25, 0.3) is 0 Å². The second-order valence-electron chi connectivity index (χ2n) is 10.2. The van der Waals surface area contributed by atoms with Crippen LogP contribution in [-0.2, 0) is 20.2 Å². The summed E-state index contributed by atoms with van der Waals surface area (Å²) in [6.07, 6.45) is -21.7. The Morgan fingerprint density at radius 2 is 0.620 bits per heavy atom. The van der Waals surface area contributed by atoms with E-state index < -0.39 is 112 Å². The van der Waals surface area contributed by atoms with E-state index >= 15 is 0 Å². The zero-order chi connectivity index (χ0) is 41.1. The highest BCUT2D eigenvalue weighted by atomic mass is 32.2. The molecule has 0 aliphatic heterocycles. The summed E-state index contributed by atoms with van der Waals surface area (Å²) in [5.41, 5.74) is 0. The van der Waals surface area contributed by atoms with E-state index in [2.05, 4.69) is 0 Å². The lowest BCUT2D eigenvalue weighted by atomic mass is 9.98. The summed E-state index contributed by atoms with van der Waals surface area (Å²) in [6, 6.07) is 0. The van der Waals surface area contributed by atoms with E-state index in [9.17, 15) is 95.9 Å². The van der Waals surface area contributed by atoms with Gasteiger partial charge in [-0.25, -0.2) is 0 Å². The summed E-state index contributed by atoms with van der Waals surface area (Å²) in [7, 11) is -8.58. The quantitative estimate of drug-likeness (QED) is 0.0472. The van der Waals surface area contributed by atoms with Crippen LogP contribution in [0.3, 0.4) is 0 Å². The maximum atomic E-state index is 13.1. The first-order valence-electron chi connectivity index (χ1n) is 13.3. The van der Waals surface area contributed by atoms with E-state index in [1.54, 1.807) is 0 Å². The normalized spacial score (nSPS) is 14.6. The molecule has 0 fully saturated rings. The predicted octanol–water partition coefficient (Wildman–Crippen LogP) is 7.90. The minimum Gasteiger partial charge on any atom is -0.368 e. The topological polar surface area (TPSA) is 149 Å². The largest absolute Gasteiger partial charge is 0.460 e. The fourth-order valence-electron chi connectivity index (χ4n) is 3.10. The van der Waals surface area contributed by atoms with Gasteiger partial charge in [-0.15, -0.1) is 0 Å². The van der Waals surface area contributed by atoms with Crippen molar-refractivity contribution in [2.24, 2.45) is 0 Å². The first-order chi connectivity index (χ1) is 21.6. The number of alkyl halides is 18. The Balaban J connectivity index is -0.000000797. The molecule has 0 saturated carbocycles. The Kier molecular flexibility index (Phi) is 20.1. The number of unbranched alkanes of at least 4 members (excludes halogenated alkanes) is 6. The molecule has 4 N–H and O–H groups in total. The third-order valence-electron chi connectivity index (χ3n) is 5.71. The van der Waals surface area contributed by atoms with Crippen molar-refractivity contribution in [2.75, 3.05) is 11.5 Å². The predicted molar refractivity (Wildman–Crippen MR) is 135 cm³/mol. The third kappa shape index (κ3) is 17.3. The standard InChI is InChI=1S/2C10H13F9O3S.C2H6O2/c2*11-7(12,5-3-1-2-4-6-23(20,21)22)8(13,14)9(15,16)10(17,18)19;1-2(3)4/h2*1-6H2,(H,20,21,22);2-4H,1H3. The Bertz CT molecular complexity index is 1110. The molecule has 306 valence electrons. The van der Waals surface area contributed by atoms with Gasteiger partial charge in [0, 0.05) is 12.8 Å². The van der Waals surface area contributed by atoms with Gasteiger partial charge in [0.05, 0.1) is 11.5 Å². The van der Waals surface area contributed by atoms with Crippen LogP contribution < -0.4 is 0 Å². The summed E-state index contributed by atoms with van der Waals surface area (Å²) in [5.74, 6) is -39.7. The van der Waals surface area contributed by atoms with E-state index in [0.29, 0.717) is 0 Å². The maximum absolute atomic E-state index is 13.1. The van der Waals surface area contributed by atoms with Gasteiger partial charge in [-0.1, -0.05) is 25.7 Å². The molecular weight excluding hydrogens is 798 g/mol. The van der Waals surface area contributed by atoms with Crippen molar-refractivity contribution >= 4 is 20.2 Å². The molecule has 0 aromatic rings. The molecule has 28 heteroatoms. The number of rotatable bonds is 18. The molecule has 50 heavy (non-hydrogen) atoms. The van der Waals surface area contributed by atoms with Crippen LogP contribution in [0.5, 0.6) is 0 Å². The van der Waals surface area contributed by atoms with Crippen molar-refractivity contribution in [1.29, 1.82) is 0 Å². The fourth-order valence-corrected chi connectivity index (χ4v) is 4.24. The molecule has 8 nitrogen and oxygen atoms in total. The Labute approximate surface area is 272 Å². The van der Waals surface area contributed by atoms with Crippen LogP contribution in [0.4, 0.5) is 79.0 Å². The second-order valence-corrected chi connectivity index (χ2v) is 13.4. The molecular formula is C22H32F18O8S2. The lowest BCUT2D eigenvalue weighted by molar-refractivity contribution is -0.396. The van der Waals surface area contributed by atoms with Gasteiger partial charge in [0.1, 0.15) is 6.29 Å². The van der Waals surface area contributed by atoms with Gasteiger partial charge in [0.15, 0.2) is 0 Å². The number of aliphatic hydroxyl groups is 2. The van der Waals surface area contributed by atoms with Gasteiger partial charge >= 0.3 is 47.9 Å². The van der Waals surface area contributed by atoms with Crippen LogP contribution in [0, 0.1) is 0 Å². The van der Waals surface area contributed by atoms with Crippen molar-refractivity contribution in [3.63, 3.8) is 0 Å². The van der Waals surface area contributed by atoms with E-state index in [1.807, 2.05) is 0 Å². The molecule has 0 unspecified atom stereocenters. The van der Waals surface area contributed by atoms with E-state index in [4.69, 9.17) is 19.3 Å². The smallest absolute Gasteiger partial charge is 0.368 e. The van der Waals surface area contributed by atoms with Crippen molar-refractivity contribution in [1.82, 2.24) is 0 Å². The highest BCUT2D eigenvalue weighted by molar-refractivity contribution is 7.86. The second kappa shape index (κ2) is 19.0. The number of halogens is 18. The Morgan fingerprint density at radius 1 is 0.420 bits per heavy atom. The molecule has 0 aromatic heterocycles. The van der Waals surface area contributed by atoms with Crippen LogP contribution in [0.1, 0.15) is 71.1 Å². The van der Waals surface area contributed by atoms with Gasteiger partial charge in [0.25, 0.3) is 20.2 Å². The van der Waals surface area contributed by atoms with Crippen LogP contribution >= 0.6 is 0 Å². The number of aliphatic hydroxyl groups excluding tert-OH is 1.